The number of imidazole rings is 1. The van der Waals surface area contributed by atoms with Crippen LogP contribution < -0.4 is 10.6 Å². The van der Waals surface area contributed by atoms with Crippen molar-refractivity contribution in [2.45, 2.75) is 19.8 Å². The van der Waals surface area contributed by atoms with Crippen molar-refractivity contribution in [3.05, 3.63) is 52.4 Å². The van der Waals surface area contributed by atoms with E-state index < -0.39 is 0 Å². The number of aromatic nitrogens is 3. The number of thiazole rings is 1. The van der Waals surface area contributed by atoms with E-state index in [2.05, 4.69) is 38.7 Å². The van der Waals surface area contributed by atoms with Crippen LogP contribution in [0.15, 0.2) is 41.8 Å². The highest BCUT2D eigenvalue weighted by Gasteiger charge is 2.03. The molecule has 0 aliphatic heterocycles. The summed E-state index contributed by atoms with van der Waals surface area (Å²) in [5, 5.41) is 7.80. The number of rotatable bonds is 6. The Morgan fingerprint density at radius 3 is 2.79 bits per heavy atom. The molecule has 3 heterocycles. The largest absolute Gasteiger partial charge is 0.356 e. The normalized spacial score (nSPS) is 11.8. The van der Waals surface area contributed by atoms with Gasteiger partial charge >= 0.3 is 0 Å². The van der Waals surface area contributed by atoms with Crippen molar-refractivity contribution in [1.82, 2.24) is 25.0 Å². The summed E-state index contributed by atoms with van der Waals surface area (Å²) in [6.07, 6.45) is 7.76. The summed E-state index contributed by atoms with van der Waals surface area (Å²) in [6.45, 7) is 3.69. The minimum Gasteiger partial charge on any atom is -0.356 e. The lowest BCUT2D eigenvalue weighted by molar-refractivity contribution is 0.776. The lowest BCUT2D eigenvalue weighted by Gasteiger charge is -2.10. The third-order valence-electron chi connectivity index (χ3n) is 3.61. The average molecular weight is 342 g/mol. The lowest BCUT2D eigenvalue weighted by Crippen LogP contribution is -2.39. The monoisotopic (exact) mass is 342 g/mol. The van der Waals surface area contributed by atoms with Gasteiger partial charge in [-0.25, -0.2) is 9.97 Å². The topological polar surface area (TPSA) is 66.6 Å². The maximum Gasteiger partial charge on any atom is 0.191 e. The fourth-order valence-corrected chi connectivity index (χ4v) is 3.23. The lowest BCUT2D eigenvalue weighted by atomic mass is 10.3. The second-order valence-electron chi connectivity index (χ2n) is 5.49. The van der Waals surface area contributed by atoms with Crippen LogP contribution in [0.1, 0.15) is 15.6 Å². The van der Waals surface area contributed by atoms with Gasteiger partial charge in [0.15, 0.2) is 5.96 Å². The third-order valence-corrected chi connectivity index (χ3v) is 4.58. The van der Waals surface area contributed by atoms with Crippen LogP contribution in [0, 0.1) is 6.92 Å². The Labute approximate surface area is 145 Å². The second-order valence-corrected chi connectivity index (χ2v) is 6.81. The highest BCUT2D eigenvalue weighted by Crippen LogP contribution is 2.10. The number of hydrogen-bond donors (Lipinski definition) is 2. The van der Waals surface area contributed by atoms with E-state index in [4.69, 9.17) is 0 Å². The van der Waals surface area contributed by atoms with Crippen LogP contribution in [0.2, 0.25) is 0 Å². The molecule has 0 aliphatic carbocycles. The predicted molar refractivity (Wildman–Crippen MR) is 98.8 cm³/mol. The Morgan fingerprint density at radius 2 is 2.08 bits per heavy atom. The van der Waals surface area contributed by atoms with Gasteiger partial charge in [0.25, 0.3) is 0 Å². The molecule has 3 rings (SSSR count). The van der Waals surface area contributed by atoms with E-state index >= 15 is 0 Å². The van der Waals surface area contributed by atoms with Gasteiger partial charge in [0.1, 0.15) is 5.65 Å². The van der Waals surface area contributed by atoms with Crippen molar-refractivity contribution in [2.75, 3.05) is 20.1 Å². The molecular weight excluding hydrogens is 320 g/mol. The van der Waals surface area contributed by atoms with E-state index in [1.807, 2.05) is 35.0 Å². The molecule has 0 unspecified atom stereocenters. The first kappa shape index (κ1) is 16.4. The van der Waals surface area contributed by atoms with Gasteiger partial charge in [-0.05, 0) is 19.1 Å². The summed E-state index contributed by atoms with van der Waals surface area (Å²) in [5.74, 6) is 0.812. The molecule has 0 aromatic carbocycles. The van der Waals surface area contributed by atoms with E-state index in [1.54, 1.807) is 18.4 Å². The molecule has 0 radical (unpaired) electrons. The Bertz CT molecular complexity index is 786. The van der Waals surface area contributed by atoms with E-state index in [0.717, 1.165) is 48.2 Å². The Balaban J connectivity index is 1.42. The Kier molecular flexibility index (Phi) is 5.43. The number of aryl methyl sites for hydroxylation is 1. The molecule has 3 aromatic heterocycles. The molecule has 126 valence electrons. The number of hydrogen-bond acceptors (Lipinski definition) is 4. The van der Waals surface area contributed by atoms with E-state index in [-0.39, 0.29) is 0 Å². The maximum absolute atomic E-state index is 4.60. The van der Waals surface area contributed by atoms with Crippen molar-refractivity contribution in [1.29, 1.82) is 0 Å². The van der Waals surface area contributed by atoms with Crippen molar-refractivity contribution in [2.24, 2.45) is 4.99 Å². The van der Waals surface area contributed by atoms with E-state index in [1.165, 1.54) is 4.88 Å². The number of guanidine groups is 1. The summed E-state index contributed by atoms with van der Waals surface area (Å²) in [5.41, 5.74) is 2.05. The zero-order valence-corrected chi connectivity index (χ0v) is 14.8. The molecule has 0 amide bonds. The average Bonchev–Trinajstić information content (AvgIpc) is 3.19. The number of pyridine rings is 1. The first-order chi connectivity index (χ1) is 11.7. The highest BCUT2D eigenvalue weighted by molar-refractivity contribution is 7.11. The fourth-order valence-electron chi connectivity index (χ4n) is 2.44. The molecule has 6 nitrogen and oxygen atoms in total. The van der Waals surface area contributed by atoms with Gasteiger partial charge in [-0.2, -0.15) is 0 Å². The summed E-state index contributed by atoms with van der Waals surface area (Å²) in [7, 11) is 1.79. The van der Waals surface area contributed by atoms with Gasteiger partial charge < -0.3 is 15.0 Å². The number of nitrogens with one attached hydrogen (secondary N) is 2. The third kappa shape index (κ3) is 4.32. The molecule has 0 aliphatic rings. The molecule has 7 heteroatoms. The van der Waals surface area contributed by atoms with Gasteiger partial charge in [0.2, 0.25) is 0 Å². The molecule has 0 fully saturated rings. The smallest absolute Gasteiger partial charge is 0.191 e. The minimum absolute atomic E-state index is 0.792. The van der Waals surface area contributed by atoms with Crippen LogP contribution in [-0.2, 0) is 12.8 Å². The zero-order valence-electron chi connectivity index (χ0n) is 14.0. The van der Waals surface area contributed by atoms with Crippen LogP contribution in [0.4, 0.5) is 0 Å². The van der Waals surface area contributed by atoms with Crippen LogP contribution in [-0.4, -0.2) is 40.5 Å². The first-order valence-electron chi connectivity index (χ1n) is 8.03. The van der Waals surface area contributed by atoms with Gasteiger partial charge in [0.05, 0.1) is 10.7 Å². The van der Waals surface area contributed by atoms with E-state index in [9.17, 15) is 0 Å². The maximum atomic E-state index is 4.60. The first-order valence-corrected chi connectivity index (χ1v) is 8.84. The summed E-state index contributed by atoms with van der Waals surface area (Å²) in [6, 6.07) is 6.02. The molecule has 24 heavy (non-hydrogen) atoms. The SMILES string of the molecule is CN=C(NCCc1cn2ccccc2n1)NCCc1ncc(C)s1. The fraction of sp³-hybridized carbons (Fsp3) is 0.353. The molecule has 2 N–H and O–H groups in total. The number of nitrogens with zero attached hydrogens (tertiary/aromatic N) is 4. The molecular formula is C17H22N6S. The summed E-state index contributed by atoms with van der Waals surface area (Å²) < 4.78 is 2.04. The minimum atomic E-state index is 0.792. The second kappa shape index (κ2) is 7.92. The molecule has 0 saturated carbocycles. The van der Waals surface area contributed by atoms with Crippen molar-refractivity contribution >= 4 is 22.9 Å². The summed E-state index contributed by atoms with van der Waals surface area (Å²) in [4.78, 5) is 14.5. The standard InChI is InChI=1S/C17H22N6S/c1-13-11-21-16(24-13)7-9-20-17(18-2)19-8-6-14-12-23-10-4-3-5-15(23)22-14/h3-5,10-12H,6-9H2,1-2H3,(H2,18,19,20). The molecule has 0 atom stereocenters. The Hall–Kier alpha value is -2.41. The van der Waals surface area contributed by atoms with Gasteiger partial charge in [-0.15, -0.1) is 11.3 Å². The van der Waals surface area contributed by atoms with Crippen molar-refractivity contribution in [3.8, 4) is 0 Å². The zero-order chi connectivity index (χ0) is 16.8. The van der Waals surface area contributed by atoms with Gasteiger partial charge in [-0.1, -0.05) is 6.07 Å². The highest BCUT2D eigenvalue weighted by atomic mass is 32.1. The molecule has 3 aromatic rings. The molecule has 0 bridgehead atoms. The van der Waals surface area contributed by atoms with Crippen LogP contribution in [0.5, 0.6) is 0 Å². The van der Waals surface area contributed by atoms with Crippen molar-refractivity contribution < 1.29 is 0 Å². The molecule has 0 spiro atoms. The number of fused-ring (bicyclic) bond motifs is 1. The van der Waals surface area contributed by atoms with Crippen LogP contribution in [0.25, 0.3) is 5.65 Å². The number of aliphatic imine (C=N–C) groups is 1. The summed E-state index contributed by atoms with van der Waals surface area (Å²) >= 11 is 1.74. The van der Waals surface area contributed by atoms with Crippen LogP contribution >= 0.6 is 11.3 Å². The van der Waals surface area contributed by atoms with E-state index in [0.29, 0.717) is 0 Å². The van der Waals surface area contributed by atoms with Crippen molar-refractivity contribution in [3.63, 3.8) is 0 Å². The van der Waals surface area contributed by atoms with Gasteiger partial charge in [0, 0.05) is 56.4 Å². The van der Waals surface area contributed by atoms with Crippen LogP contribution in [0.3, 0.4) is 0 Å². The van der Waals surface area contributed by atoms with Gasteiger partial charge in [-0.3, -0.25) is 4.99 Å². The molecule has 0 saturated heterocycles. The quantitative estimate of drug-likeness (QED) is 0.531. The predicted octanol–water partition coefficient (Wildman–Crippen LogP) is 2.05. The Morgan fingerprint density at radius 1 is 1.25 bits per heavy atom.